The lowest BCUT2D eigenvalue weighted by Gasteiger charge is -2.10. The SMILES string of the molecule is CN(C)c1ccccc1.OPO. The van der Waals surface area contributed by atoms with Crippen LogP contribution < -0.4 is 4.90 Å². The normalized spacial score (nSPS) is 8.33. The first-order valence-electron chi connectivity index (χ1n) is 3.48. The van der Waals surface area contributed by atoms with Crippen LogP contribution in [0.1, 0.15) is 0 Å². The second-order valence-corrected chi connectivity index (χ2v) is 2.53. The molecule has 0 aliphatic heterocycles. The Bertz CT molecular complexity index is 192. The summed E-state index contributed by atoms with van der Waals surface area (Å²) < 4.78 is 0. The highest BCUT2D eigenvalue weighted by molar-refractivity contribution is 7.23. The van der Waals surface area contributed by atoms with E-state index < -0.39 is 9.03 Å². The average molecular weight is 187 g/mol. The number of para-hydroxylation sites is 1. The van der Waals surface area contributed by atoms with Crippen LogP contribution in [-0.2, 0) is 0 Å². The minimum atomic E-state index is -0.917. The van der Waals surface area contributed by atoms with Crippen molar-refractivity contribution < 1.29 is 9.79 Å². The van der Waals surface area contributed by atoms with E-state index in [1.54, 1.807) is 0 Å². The Hall–Kier alpha value is -0.630. The Morgan fingerprint density at radius 2 is 1.50 bits per heavy atom. The molecule has 1 rings (SSSR count). The Kier molecular flexibility index (Phi) is 6.67. The van der Waals surface area contributed by atoms with Gasteiger partial charge in [-0.05, 0) is 12.1 Å². The van der Waals surface area contributed by atoms with Crippen molar-refractivity contribution in [1.82, 2.24) is 0 Å². The van der Waals surface area contributed by atoms with Crippen molar-refractivity contribution in [3.05, 3.63) is 30.3 Å². The van der Waals surface area contributed by atoms with Crippen LogP contribution in [0.4, 0.5) is 5.69 Å². The van der Waals surface area contributed by atoms with Crippen LogP contribution in [0.3, 0.4) is 0 Å². The van der Waals surface area contributed by atoms with Crippen molar-refractivity contribution in [2.45, 2.75) is 0 Å². The maximum Gasteiger partial charge on any atom is 0.149 e. The summed E-state index contributed by atoms with van der Waals surface area (Å²) in [5.41, 5.74) is 1.25. The molecular formula is C8H14NO2P. The van der Waals surface area contributed by atoms with Crippen molar-refractivity contribution in [3.63, 3.8) is 0 Å². The predicted molar refractivity (Wildman–Crippen MR) is 53.5 cm³/mol. The van der Waals surface area contributed by atoms with Gasteiger partial charge < -0.3 is 14.7 Å². The molecule has 0 saturated heterocycles. The first-order valence-corrected chi connectivity index (χ1v) is 4.37. The molecule has 0 atom stereocenters. The van der Waals surface area contributed by atoms with E-state index in [-0.39, 0.29) is 0 Å². The second-order valence-electron chi connectivity index (χ2n) is 2.33. The minimum absolute atomic E-state index is 0.917. The fourth-order valence-corrected chi connectivity index (χ4v) is 0.726. The minimum Gasteiger partial charge on any atom is -0.378 e. The molecule has 2 N–H and O–H groups in total. The van der Waals surface area contributed by atoms with Gasteiger partial charge in [-0.2, -0.15) is 0 Å². The summed E-state index contributed by atoms with van der Waals surface area (Å²) in [5.74, 6) is 0. The third kappa shape index (κ3) is 5.08. The summed E-state index contributed by atoms with van der Waals surface area (Å²) in [6, 6.07) is 10.3. The van der Waals surface area contributed by atoms with Crippen LogP contribution in [0.2, 0.25) is 0 Å². The molecule has 0 fully saturated rings. The molecule has 0 aliphatic rings. The van der Waals surface area contributed by atoms with Crippen molar-refractivity contribution in [3.8, 4) is 0 Å². The number of nitrogens with zero attached hydrogens (tertiary/aromatic N) is 1. The Balaban J connectivity index is 0.000000354. The monoisotopic (exact) mass is 187 g/mol. The zero-order valence-electron chi connectivity index (χ0n) is 7.23. The molecule has 0 amide bonds. The summed E-state index contributed by atoms with van der Waals surface area (Å²) in [5, 5.41) is 0. The van der Waals surface area contributed by atoms with Crippen molar-refractivity contribution in [2.75, 3.05) is 19.0 Å². The summed E-state index contributed by atoms with van der Waals surface area (Å²) in [4.78, 5) is 16.4. The van der Waals surface area contributed by atoms with Crippen LogP contribution in [0, 0.1) is 0 Å². The summed E-state index contributed by atoms with van der Waals surface area (Å²) in [6.07, 6.45) is 0. The van der Waals surface area contributed by atoms with Gasteiger partial charge in [-0.25, -0.2) is 0 Å². The van der Waals surface area contributed by atoms with Crippen molar-refractivity contribution >= 4 is 14.7 Å². The van der Waals surface area contributed by atoms with Gasteiger partial charge >= 0.3 is 0 Å². The highest BCUT2D eigenvalue weighted by atomic mass is 31.1. The van der Waals surface area contributed by atoms with Gasteiger partial charge in [0, 0.05) is 19.8 Å². The van der Waals surface area contributed by atoms with Gasteiger partial charge in [0.05, 0.1) is 0 Å². The standard InChI is InChI=1S/C8H11N.H3O2P/c1-9(2)8-6-4-3-5-7-8;1-3-2/h3-7H,1-2H3;1-3H. The highest BCUT2D eigenvalue weighted by Gasteiger charge is 1.87. The average Bonchev–Trinajstić information content (AvgIpc) is 2.07. The van der Waals surface area contributed by atoms with Crippen LogP contribution in [0.15, 0.2) is 30.3 Å². The van der Waals surface area contributed by atoms with Crippen LogP contribution in [0.25, 0.3) is 0 Å². The van der Waals surface area contributed by atoms with Crippen molar-refractivity contribution in [1.29, 1.82) is 0 Å². The van der Waals surface area contributed by atoms with E-state index in [1.807, 2.05) is 32.3 Å². The Morgan fingerprint density at radius 3 is 1.75 bits per heavy atom. The molecule has 0 heterocycles. The van der Waals surface area contributed by atoms with Crippen LogP contribution in [0.5, 0.6) is 0 Å². The predicted octanol–water partition coefficient (Wildman–Crippen LogP) is 1.23. The van der Waals surface area contributed by atoms with Gasteiger partial charge in [0.15, 0.2) is 0 Å². The number of rotatable bonds is 1. The molecule has 3 nitrogen and oxygen atoms in total. The van der Waals surface area contributed by atoms with E-state index in [2.05, 4.69) is 17.0 Å². The number of hydrogen-bond acceptors (Lipinski definition) is 3. The Labute approximate surface area is 74.6 Å². The first kappa shape index (κ1) is 11.4. The van der Waals surface area contributed by atoms with E-state index >= 15 is 0 Å². The molecule has 0 bridgehead atoms. The van der Waals surface area contributed by atoms with E-state index in [4.69, 9.17) is 9.79 Å². The smallest absolute Gasteiger partial charge is 0.149 e. The maximum absolute atomic E-state index is 7.15. The van der Waals surface area contributed by atoms with E-state index in [0.29, 0.717) is 0 Å². The van der Waals surface area contributed by atoms with Gasteiger partial charge in [-0.3, -0.25) is 0 Å². The lowest BCUT2D eigenvalue weighted by atomic mass is 10.3. The quantitative estimate of drug-likeness (QED) is 0.650. The third-order valence-corrected chi connectivity index (χ3v) is 1.27. The molecule has 0 aromatic heterocycles. The lowest BCUT2D eigenvalue weighted by molar-refractivity contribution is 0.513. The highest BCUT2D eigenvalue weighted by Crippen LogP contribution is 2.07. The third-order valence-electron chi connectivity index (χ3n) is 1.27. The molecule has 4 heteroatoms. The molecule has 1 aromatic carbocycles. The molecule has 0 saturated carbocycles. The molecule has 68 valence electrons. The molecule has 1 aromatic rings. The summed E-state index contributed by atoms with van der Waals surface area (Å²) in [6.45, 7) is 0. The van der Waals surface area contributed by atoms with E-state index in [0.717, 1.165) is 0 Å². The van der Waals surface area contributed by atoms with Crippen LogP contribution >= 0.6 is 9.03 Å². The largest absolute Gasteiger partial charge is 0.378 e. The van der Waals surface area contributed by atoms with Crippen LogP contribution in [-0.4, -0.2) is 23.9 Å². The number of hydrogen-bond donors (Lipinski definition) is 2. The molecular weight excluding hydrogens is 173 g/mol. The van der Waals surface area contributed by atoms with Crippen molar-refractivity contribution in [2.24, 2.45) is 0 Å². The zero-order valence-corrected chi connectivity index (χ0v) is 8.23. The fraction of sp³-hybridized carbons (Fsp3) is 0.250. The maximum atomic E-state index is 7.15. The van der Waals surface area contributed by atoms with Gasteiger partial charge in [0.1, 0.15) is 9.03 Å². The number of benzene rings is 1. The second kappa shape index (κ2) is 7.04. The number of anilines is 1. The molecule has 0 unspecified atom stereocenters. The summed E-state index contributed by atoms with van der Waals surface area (Å²) >= 11 is 0. The topological polar surface area (TPSA) is 43.7 Å². The molecule has 0 aliphatic carbocycles. The molecule has 0 radical (unpaired) electrons. The Morgan fingerprint density at radius 1 is 1.08 bits per heavy atom. The van der Waals surface area contributed by atoms with E-state index in [9.17, 15) is 0 Å². The van der Waals surface area contributed by atoms with Gasteiger partial charge in [-0.1, -0.05) is 18.2 Å². The zero-order chi connectivity index (χ0) is 9.40. The lowest BCUT2D eigenvalue weighted by Crippen LogP contribution is -2.07. The summed E-state index contributed by atoms with van der Waals surface area (Å²) in [7, 11) is 3.16. The molecule has 0 spiro atoms. The first-order chi connectivity index (χ1) is 5.72. The van der Waals surface area contributed by atoms with E-state index in [1.165, 1.54) is 5.69 Å². The van der Waals surface area contributed by atoms with Gasteiger partial charge in [0.25, 0.3) is 0 Å². The molecule has 12 heavy (non-hydrogen) atoms. The fourth-order valence-electron chi connectivity index (χ4n) is 0.726. The van der Waals surface area contributed by atoms with Gasteiger partial charge in [-0.15, -0.1) is 0 Å². The van der Waals surface area contributed by atoms with Gasteiger partial charge in [0.2, 0.25) is 0 Å².